The minimum absolute atomic E-state index is 0.138. The molecule has 31 heavy (non-hydrogen) atoms. The van der Waals surface area contributed by atoms with Gasteiger partial charge in [-0.3, -0.25) is 9.59 Å². The van der Waals surface area contributed by atoms with Gasteiger partial charge >= 0.3 is 0 Å². The summed E-state index contributed by atoms with van der Waals surface area (Å²) >= 11 is 0. The number of hydrogen-bond acceptors (Lipinski definition) is 4. The molecule has 1 unspecified atom stereocenters. The molecule has 2 amide bonds. The molecule has 164 valence electrons. The minimum Gasteiger partial charge on any atom is -0.493 e. The summed E-state index contributed by atoms with van der Waals surface area (Å²) in [6, 6.07) is 10.3. The average Bonchev–Trinajstić information content (AvgIpc) is 2.80. The fraction of sp³-hybridized carbons (Fsp3) is 0.360. The maximum atomic E-state index is 12.7. The first-order valence-electron chi connectivity index (χ1n) is 10.6. The van der Waals surface area contributed by atoms with E-state index in [2.05, 4.69) is 22.8 Å². The smallest absolute Gasteiger partial charge is 0.255 e. The molecule has 0 bridgehead atoms. The lowest BCUT2D eigenvalue weighted by molar-refractivity contribution is 0.0950. The van der Waals surface area contributed by atoms with Crippen molar-refractivity contribution in [3.05, 3.63) is 65.2 Å². The summed E-state index contributed by atoms with van der Waals surface area (Å²) in [5.74, 6) is 1.15. The van der Waals surface area contributed by atoms with Gasteiger partial charge in [-0.25, -0.2) is 0 Å². The molecular formula is C25H30N2O4. The molecule has 0 spiro atoms. The summed E-state index contributed by atoms with van der Waals surface area (Å²) in [5.41, 5.74) is 2.43. The van der Waals surface area contributed by atoms with Crippen LogP contribution in [0.4, 0.5) is 5.69 Å². The van der Waals surface area contributed by atoms with Crippen molar-refractivity contribution in [1.29, 1.82) is 0 Å². The molecule has 6 nitrogen and oxygen atoms in total. The molecule has 2 aromatic carbocycles. The van der Waals surface area contributed by atoms with Crippen molar-refractivity contribution in [2.75, 3.05) is 26.1 Å². The molecule has 0 heterocycles. The van der Waals surface area contributed by atoms with Crippen LogP contribution in [0.1, 0.15) is 52.0 Å². The van der Waals surface area contributed by atoms with E-state index in [4.69, 9.17) is 9.47 Å². The van der Waals surface area contributed by atoms with Gasteiger partial charge in [-0.1, -0.05) is 18.2 Å². The van der Waals surface area contributed by atoms with E-state index in [0.29, 0.717) is 40.8 Å². The molecule has 0 aliphatic heterocycles. The number of methoxy groups -OCH3 is 2. The van der Waals surface area contributed by atoms with Gasteiger partial charge in [0.1, 0.15) is 0 Å². The molecule has 0 saturated heterocycles. The van der Waals surface area contributed by atoms with Gasteiger partial charge in [-0.05, 0) is 74.4 Å². The largest absolute Gasteiger partial charge is 0.493 e. The topological polar surface area (TPSA) is 76.7 Å². The van der Waals surface area contributed by atoms with Crippen molar-refractivity contribution in [3.8, 4) is 11.5 Å². The van der Waals surface area contributed by atoms with Crippen LogP contribution < -0.4 is 20.1 Å². The van der Waals surface area contributed by atoms with Crippen LogP contribution in [0.25, 0.3) is 0 Å². The maximum Gasteiger partial charge on any atom is 0.255 e. The standard InChI is InChI=1S/C25H30N2O4/c1-17-9-10-19(24(28)26-14-13-18-7-5-4-6-8-18)15-21(17)27-25(29)20-11-12-22(30-2)23(16-20)31-3/h5,7,9-12,15-16,18H,4,6,8,13-14H2,1-3H3,(H,26,28)(H,27,29). The van der Waals surface area contributed by atoms with Gasteiger partial charge in [0.15, 0.2) is 11.5 Å². The molecule has 0 radical (unpaired) electrons. The first kappa shape index (κ1) is 22.4. The molecule has 0 fully saturated rings. The van der Waals surface area contributed by atoms with E-state index in [1.54, 1.807) is 37.4 Å². The zero-order valence-corrected chi connectivity index (χ0v) is 18.4. The summed E-state index contributed by atoms with van der Waals surface area (Å²) in [5, 5.41) is 5.88. The number of hydrogen-bond donors (Lipinski definition) is 2. The summed E-state index contributed by atoms with van der Waals surface area (Å²) in [4.78, 5) is 25.3. The summed E-state index contributed by atoms with van der Waals surface area (Å²) in [6.07, 6.45) is 8.98. The molecule has 2 N–H and O–H groups in total. The molecular weight excluding hydrogens is 392 g/mol. The van der Waals surface area contributed by atoms with E-state index in [0.717, 1.165) is 18.4 Å². The van der Waals surface area contributed by atoms with Crippen molar-refractivity contribution in [1.82, 2.24) is 5.32 Å². The highest BCUT2D eigenvalue weighted by molar-refractivity contribution is 6.06. The number of aryl methyl sites for hydroxylation is 1. The van der Waals surface area contributed by atoms with Gasteiger partial charge in [-0.15, -0.1) is 0 Å². The zero-order valence-electron chi connectivity index (χ0n) is 18.4. The van der Waals surface area contributed by atoms with E-state index < -0.39 is 0 Å². The SMILES string of the molecule is COc1ccc(C(=O)Nc2cc(C(=O)NCCC3C=CCCC3)ccc2C)cc1OC. The second-order valence-electron chi connectivity index (χ2n) is 7.72. The number of nitrogens with one attached hydrogen (secondary N) is 2. The highest BCUT2D eigenvalue weighted by Crippen LogP contribution is 2.28. The van der Waals surface area contributed by atoms with E-state index in [1.807, 2.05) is 13.0 Å². The molecule has 0 saturated carbocycles. The van der Waals surface area contributed by atoms with Gasteiger partial charge in [0.05, 0.1) is 14.2 Å². The molecule has 1 atom stereocenters. The van der Waals surface area contributed by atoms with Crippen LogP contribution in [0.5, 0.6) is 11.5 Å². The van der Waals surface area contributed by atoms with Gasteiger partial charge < -0.3 is 20.1 Å². The molecule has 6 heteroatoms. The highest BCUT2D eigenvalue weighted by Gasteiger charge is 2.14. The second kappa shape index (κ2) is 10.7. The predicted octanol–water partition coefficient (Wildman–Crippen LogP) is 4.74. The minimum atomic E-state index is -0.286. The molecule has 2 aromatic rings. The van der Waals surface area contributed by atoms with Crippen LogP contribution in [0.2, 0.25) is 0 Å². The Balaban J connectivity index is 1.64. The van der Waals surface area contributed by atoms with E-state index >= 15 is 0 Å². The number of anilines is 1. The Morgan fingerprint density at radius 1 is 1.00 bits per heavy atom. The quantitative estimate of drug-likeness (QED) is 0.603. The second-order valence-corrected chi connectivity index (χ2v) is 7.72. The highest BCUT2D eigenvalue weighted by atomic mass is 16.5. The Labute approximate surface area is 183 Å². The van der Waals surface area contributed by atoms with Crippen molar-refractivity contribution in [3.63, 3.8) is 0 Å². The fourth-order valence-corrected chi connectivity index (χ4v) is 3.67. The third-order valence-electron chi connectivity index (χ3n) is 5.55. The number of rotatable bonds is 8. The zero-order chi connectivity index (χ0) is 22.2. The van der Waals surface area contributed by atoms with Crippen molar-refractivity contribution >= 4 is 17.5 Å². The predicted molar refractivity (Wildman–Crippen MR) is 122 cm³/mol. The molecule has 3 rings (SSSR count). The van der Waals surface area contributed by atoms with Crippen molar-refractivity contribution in [2.45, 2.75) is 32.6 Å². The van der Waals surface area contributed by atoms with E-state index in [-0.39, 0.29) is 11.8 Å². The Morgan fingerprint density at radius 2 is 1.74 bits per heavy atom. The lowest BCUT2D eigenvalue weighted by Gasteiger charge is -2.16. The van der Waals surface area contributed by atoms with Gasteiger partial charge in [0.2, 0.25) is 0 Å². The van der Waals surface area contributed by atoms with Gasteiger partial charge in [-0.2, -0.15) is 0 Å². The van der Waals surface area contributed by atoms with Gasteiger partial charge in [0, 0.05) is 23.4 Å². The Hall–Kier alpha value is -3.28. The number of allylic oxidation sites excluding steroid dienone is 2. The lowest BCUT2D eigenvalue weighted by Crippen LogP contribution is -2.26. The van der Waals surface area contributed by atoms with Crippen LogP contribution in [-0.2, 0) is 0 Å². The first-order valence-corrected chi connectivity index (χ1v) is 10.6. The number of carbonyl (C=O) groups is 2. The third kappa shape index (κ3) is 5.87. The van der Waals surface area contributed by atoms with Crippen LogP contribution in [0.3, 0.4) is 0 Å². The fourth-order valence-electron chi connectivity index (χ4n) is 3.67. The first-order chi connectivity index (χ1) is 15.0. The summed E-state index contributed by atoms with van der Waals surface area (Å²) in [6.45, 7) is 2.52. The van der Waals surface area contributed by atoms with Crippen molar-refractivity contribution in [2.24, 2.45) is 5.92 Å². The van der Waals surface area contributed by atoms with E-state index in [1.165, 1.54) is 20.0 Å². The molecule has 1 aliphatic rings. The Morgan fingerprint density at radius 3 is 2.45 bits per heavy atom. The van der Waals surface area contributed by atoms with Crippen LogP contribution >= 0.6 is 0 Å². The van der Waals surface area contributed by atoms with Crippen LogP contribution in [0, 0.1) is 12.8 Å². The molecule has 0 aromatic heterocycles. The number of amides is 2. The van der Waals surface area contributed by atoms with Gasteiger partial charge in [0.25, 0.3) is 11.8 Å². The maximum absolute atomic E-state index is 12.7. The number of benzene rings is 2. The third-order valence-corrected chi connectivity index (χ3v) is 5.55. The Bertz CT molecular complexity index is 968. The lowest BCUT2D eigenvalue weighted by atomic mass is 9.93. The summed E-state index contributed by atoms with van der Waals surface area (Å²) in [7, 11) is 3.07. The number of ether oxygens (including phenoxy) is 2. The van der Waals surface area contributed by atoms with Crippen molar-refractivity contribution < 1.29 is 19.1 Å². The number of carbonyl (C=O) groups excluding carboxylic acids is 2. The average molecular weight is 423 g/mol. The summed E-state index contributed by atoms with van der Waals surface area (Å²) < 4.78 is 10.5. The Kier molecular flexibility index (Phi) is 7.70. The molecule has 1 aliphatic carbocycles. The normalized spacial score (nSPS) is 15.3. The monoisotopic (exact) mass is 422 g/mol. The van der Waals surface area contributed by atoms with Crippen LogP contribution in [0.15, 0.2) is 48.6 Å². The van der Waals surface area contributed by atoms with E-state index in [9.17, 15) is 9.59 Å². The van der Waals surface area contributed by atoms with Crippen LogP contribution in [-0.4, -0.2) is 32.6 Å².